The Morgan fingerprint density at radius 3 is 2.90 bits per heavy atom. The van der Waals surface area contributed by atoms with Gasteiger partial charge in [-0.1, -0.05) is 6.92 Å². The van der Waals surface area contributed by atoms with Gasteiger partial charge in [-0.05, 0) is 19.3 Å². The van der Waals surface area contributed by atoms with E-state index in [0.717, 1.165) is 19.3 Å². The normalized spacial score (nSPS) is 33.6. The van der Waals surface area contributed by atoms with Gasteiger partial charge < -0.3 is 11.1 Å². The van der Waals surface area contributed by atoms with E-state index in [1.807, 2.05) is 6.92 Å². The average molecular weight is 142 g/mol. The molecule has 3 heteroatoms. The van der Waals surface area contributed by atoms with Crippen molar-refractivity contribution < 1.29 is 4.79 Å². The van der Waals surface area contributed by atoms with Gasteiger partial charge in [-0.2, -0.15) is 0 Å². The molecule has 1 aliphatic heterocycles. The van der Waals surface area contributed by atoms with Crippen LogP contribution in [0.5, 0.6) is 0 Å². The highest BCUT2D eigenvalue weighted by Gasteiger charge is 2.23. The molecule has 0 aromatic rings. The van der Waals surface area contributed by atoms with Crippen molar-refractivity contribution in [1.82, 2.24) is 5.32 Å². The number of amides is 1. The zero-order chi connectivity index (χ0) is 7.56. The van der Waals surface area contributed by atoms with Crippen LogP contribution in [0, 0.1) is 5.92 Å². The van der Waals surface area contributed by atoms with E-state index in [1.165, 1.54) is 0 Å². The average Bonchev–Trinajstić information content (AvgIpc) is 1.88. The molecule has 1 fully saturated rings. The maximum atomic E-state index is 11.0. The minimum absolute atomic E-state index is 0.102. The van der Waals surface area contributed by atoms with Gasteiger partial charge in [-0.15, -0.1) is 0 Å². The van der Waals surface area contributed by atoms with E-state index in [0.29, 0.717) is 0 Å². The first-order chi connectivity index (χ1) is 4.74. The molecule has 0 radical (unpaired) electrons. The molecule has 1 saturated heterocycles. The van der Waals surface area contributed by atoms with Gasteiger partial charge in [-0.3, -0.25) is 4.79 Å². The van der Waals surface area contributed by atoms with Crippen molar-refractivity contribution in [2.24, 2.45) is 11.7 Å². The quantitative estimate of drug-likeness (QED) is 0.549. The van der Waals surface area contributed by atoms with Crippen molar-refractivity contribution in [2.75, 3.05) is 0 Å². The molecule has 58 valence electrons. The number of hydrogen-bond acceptors (Lipinski definition) is 2. The van der Waals surface area contributed by atoms with Crippen molar-refractivity contribution in [3.05, 3.63) is 0 Å². The highest BCUT2D eigenvalue weighted by atomic mass is 16.2. The first-order valence-electron chi connectivity index (χ1n) is 3.80. The van der Waals surface area contributed by atoms with Crippen LogP contribution in [0.25, 0.3) is 0 Å². The predicted molar refractivity (Wildman–Crippen MR) is 39.1 cm³/mol. The second-order valence-electron chi connectivity index (χ2n) is 2.80. The van der Waals surface area contributed by atoms with Gasteiger partial charge in [0.2, 0.25) is 5.91 Å². The summed E-state index contributed by atoms with van der Waals surface area (Å²) in [6.45, 7) is 2.03. The predicted octanol–water partition coefficient (Wildman–Crippen LogP) is 0.207. The smallest absolute Gasteiger partial charge is 0.224 e. The lowest BCUT2D eigenvalue weighted by Crippen LogP contribution is -2.48. The number of hydrogen-bond donors (Lipinski definition) is 2. The maximum absolute atomic E-state index is 11.0. The lowest BCUT2D eigenvalue weighted by Gasteiger charge is -2.25. The molecule has 0 spiro atoms. The molecule has 10 heavy (non-hydrogen) atoms. The number of piperidine rings is 1. The van der Waals surface area contributed by atoms with Gasteiger partial charge in [0, 0.05) is 5.92 Å². The highest BCUT2D eigenvalue weighted by Crippen LogP contribution is 2.15. The van der Waals surface area contributed by atoms with E-state index in [2.05, 4.69) is 5.32 Å². The van der Waals surface area contributed by atoms with E-state index in [4.69, 9.17) is 5.73 Å². The van der Waals surface area contributed by atoms with Gasteiger partial charge in [0.05, 0.1) is 6.17 Å². The van der Waals surface area contributed by atoms with E-state index in [9.17, 15) is 4.79 Å². The van der Waals surface area contributed by atoms with E-state index >= 15 is 0 Å². The molecule has 1 aliphatic rings. The second kappa shape index (κ2) is 3.01. The summed E-state index contributed by atoms with van der Waals surface area (Å²) >= 11 is 0. The SMILES string of the molecule is CCC1CCC(N)NC1=O. The van der Waals surface area contributed by atoms with Crippen LogP contribution in [0.15, 0.2) is 0 Å². The van der Waals surface area contributed by atoms with Crippen LogP contribution in [0.1, 0.15) is 26.2 Å². The third-order valence-corrected chi connectivity index (χ3v) is 2.02. The molecular weight excluding hydrogens is 128 g/mol. The fraction of sp³-hybridized carbons (Fsp3) is 0.857. The second-order valence-corrected chi connectivity index (χ2v) is 2.80. The standard InChI is InChI=1S/C7H14N2O/c1-2-5-3-4-6(8)9-7(5)10/h5-6H,2-4,8H2,1H3,(H,9,10). The fourth-order valence-corrected chi connectivity index (χ4v) is 1.27. The lowest BCUT2D eigenvalue weighted by molar-refractivity contribution is -0.127. The van der Waals surface area contributed by atoms with Gasteiger partial charge in [-0.25, -0.2) is 0 Å². The maximum Gasteiger partial charge on any atom is 0.224 e. The van der Waals surface area contributed by atoms with Gasteiger partial charge in [0.25, 0.3) is 0 Å². The van der Waals surface area contributed by atoms with Crippen LogP contribution >= 0.6 is 0 Å². The first-order valence-corrected chi connectivity index (χ1v) is 3.80. The lowest BCUT2D eigenvalue weighted by atomic mass is 9.95. The molecule has 2 atom stereocenters. The van der Waals surface area contributed by atoms with Gasteiger partial charge in [0.15, 0.2) is 0 Å². The van der Waals surface area contributed by atoms with Crippen molar-refractivity contribution >= 4 is 5.91 Å². The Morgan fingerprint density at radius 1 is 1.70 bits per heavy atom. The molecule has 0 aromatic carbocycles. The molecular formula is C7H14N2O. The van der Waals surface area contributed by atoms with Crippen LogP contribution < -0.4 is 11.1 Å². The summed E-state index contributed by atoms with van der Waals surface area (Å²) in [5.41, 5.74) is 5.51. The first kappa shape index (κ1) is 7.54. The van der Waals surface area contributed by atoms with E-state index in [1.54, 1.807) is 0 Å². The Hall–Kier alpha value is -0.570. The van der Waals surface area contributed by atoms with Crippen LogP contribution in [0.2, 0.25) is 0 Å². The number of carbonyl (C=O) groups is 1. The largest absolute Gasteiger partial charge is 0.341 e. The van der Waals surface area contributed by atoms with Gasteiger partial charge in [0.1, 0.15) is 0 Å². The topological polar surface area (TPSA) is 55.1 Å². The summed E-state index contributed by atoms with van der Waals surface area (Å²) in [5.74, 6) is 0.334. The van der Waals surface area contributed by atoms with Crippen molar-refractivity contribution in [1.29, 1.82) is 0 Å². The summed E-state index contributed by atoms with van der Waals surface area (Å²) < 4.78 is 0. The Balaban J connectivity index is 2.43. The highest BCUT2D eigenvalue weighted by molar-refractivity contribution is 5.79. The number of nitrogens with one attached hydrogen (secondary N) is 1. The number of rotatable bonds is 1. The monoisotopic (exact) mass is 142 g/mol. The van der Waals surface area contributed by atoms with E-state index < -0.39 is 0 Å². The number of nitrogens with two attached hydrogens (primary N) is 1. The van der Waals surface area contributed by atoms with Gasteiger partial charge >= 0.3 is 0 Å². The molecule has 3 nitrogen and oxygen atoms in total. The molecule has 1 heterocycles. The van der Waals surface area contributed by atoms with Crippen LogP contribution in [-0.4, -0.2) is 12.1 Å². The number of carbonyl (C=O) groups excluding carboxylic acids is 1. The fourth-order valence-electron chi connectivity index (χ4n) is 1.27. The minimum atomic E-state index is -0.102. The Labute approximate surface area is 61.0 Å². The molecule has 2 unspecified atom stereocenters. The van der Waals surface area contributed by atoms with Crippen molar-refractivity contribution in [2.45, 2.75) is 32.4 Å². The molecule has 1 rings (SSSR count). The van der Waals surface area contributed by atoms with Crippen LogP contribution in [-0.2, 0) is 4.79 Å². The minimum Gasteiger partial charge on any atom is -0.341 e. The van der Waals surface area contributed by atoms with Crippen LogP contribution in [0.4, 0.5) is 0 Å². The van der Waals surface area contributed by atoms with Crippen molar-refractivity contribution in [3.8, 4) is 0 Å². The Bertz CT molecular complexity index is 136. The summed E-state index contributed by atoms with van der Waals surface area (Å²) in [7, 11) is 0. The molecule has 0 bridgehead atoms. The summed E-state index contributed by atoms with van der Waals surface area (Å²) in [6, 6.07) is 0. The summed E-state index contributed by atoms with van der Waals surface area (Å²) in [6.07, 6.45) is 2.70. The molecule has 3 N–H and O–H groups in total. The molecule has 0 saturated carbocycles. The molecule has 0 aliphatic carbocycles. The third kappa shape index (κ3) is 1.48. The molecule has 0 aromatic heterocycles. The van der Waals surface area contributed by atoms with E-state index in [-0.39, 0.29) is 18.0 Å². The third-order valence-electron chi connectivity index (χ3n) is 2.02. The Kier molecular flexibility index (Phi) is 2.27. The summed E-state index contributed by atoms with van der Waals surface area (Å²) in [5, 5.41) is 2.72. The molecule has 1 amide bonds. The zero-order valence-corrected chi connectivity index (χ0v) is 6.26. The zero-order valence-electron chi connectivity index (χ0n) is 6.26. The van der Waals surface area contributed by atoms with Crippen LogP contribution in [0.3, 0.4) is 0 Å². The summed E-state index contributed by atoms with van der Waals surface area (Å²) in [4.78, 5) is 11.0. The Morgan fingerprint density at radius 2 is 2.40 bits per heavy atom. The van der Waals surface area contributed by atoms with Crippen molar-refractivity contribution in [3.63, 3.8) is 0 Å².